The van der Waals surface area contributed by atoms with Gasteiger partial charge < -0.3 is 0 Å². The van der Waals surface area contributed by atoms with Gasteiger partial charge in [-0.3, -0.25) is 4.79 Å². The third-order valence-electron chi connectivity index (χ3n) is 0.587. The summed E-state index contributed by atoms with van der Waals surface area (Å²) in [7, 11) is 0. The van der Waals surface area contributed by atoms with Crippen molar-refractivity contribution in [3.8, 4) is 0 Å². The summed E-state index contributed by atoms with van der Waals surface area (Å²) in [4.78, 5) is 10.2. The fraction of sp³-hybridized carbons (Fsp3) is 0.750. The minimum absolute atomic E-state index is 0.0448. The zero-order valence-corrected chi connectivity index (χ0v) is 5.55. The third-order valence-corrected chi connectivity index (χ3v) is 1.57. The monoisotopic (exact) mass is 137 g/mol. The lowest BCUT2D eigenvalue weighted by Crippen LogP contribution is -2.10. The zero-order valence-electron chi connectivity index (χ0n) is 3.98. The summed E-state index contributed by atoms with van der Waals surface area (Å²) in [6, 6.07) is 0. The van der Waals surface area contributed by atoms with E-state index in [2.05, 4.69) is 12.6 Å². The summed E-state index contributed by atoms with van der Waals surface area (Å²) < 4.78 is 0. The van der Waals surface area contributed by atoms with Crippen LogP contribution in [0.5, 0.6) is 0 Å². The molecule has 41 valence electrons. The number of ketones is 1. The van der Waals surface area contributed by atoms with Gasteiger partial charge in [0.1, 0.15) is 11.2 Å². The van der Waals surface area contributed by atoms with Crippen molar-refractivity contribution >= 4 is 30.0 Å². The number of hydrogen-bond acceptors (Lipinski definition) is 1. The van der Waals surface area contributed by atoms with Crippen LogP contribution in [0.3, 0.4) is 0 Å². The van der Waals surface area contributed by atoms with E-state index in [1.165, 1.54) is 6.92 Å². The van der Waals surface area contributed by atoms with Crippen LogP contribution in [-0.2, 0) is 4.79 Å². The smallest absolute Gasteiger partial charge is 0.148 e. The highest BCUT2D eigenvalue weighted by atomic mass is 35.5. The van der Waals surface area contributed by atoms with E-state index < -0.39 is 5.38 Å². The van der Waals surface area contributed by atoms with E-state index in [9.17, 15) is 4.79 Å². The summed E-state index contributed by atoms with van der Waals surface area (Å²) in [5, 5.41) is -0.449. The molecule has 1 nitrogen and oxygen atoms in total. The molecule has 1 radical (unpaired) electrons. The molecule has 0 fully saturated rings. The Balaban J connectivity index is 3.34. The van der Waals surface area contributed by atoms with Crippen LogP contribution in [-0.4, -0.2) is 16.9 Å². The molecule has 0 saturated heterocycles. The van der Waals surface area contributed by atoms with Crippen molar-refractivity contribution in [1.82, 2.24) is 0 Å². The van der Waals surface area contributed by atoms with Gasteiger partial charge in [0.2, 0.25) is 0 Å². The molecule has 0 N–H and O–H groups in total. The molecular formula is C4H6ClOS. The molecule has 0 aliphatic heterocycles. The molecule has 1 unspecified atom stereocenters. The van der Waals surface area contributed by atoms with E-state index in [1.807, 2.05) is 0 Å². The van der Waals surface area contributed by atoms with Crippen molar-refractivity contribution in [3.63, 3.8) is 0 Å². The van der Waals surface area contributed by atoms with Crippen LogP contribution in [0.15, 0.2) is 0 Å². The Bertz CT molecular complexity index is 74.1. The Hall–Kier alpha value is 0.310. The summed E-state index contributed by atoms with van der Waals surface area (Å²) >= 11 is 9.84. The van der Waals surface area contributed by atoms with Crippen molar-refractivity contribution in [1.29, 1.82) is 0 Å². The van der Waals surface area contributed by atoms with E-state index >= 15 is 0 Å². The van der Waals surface area contributed by atoms with Crippen molar-refractivity contribution < 1.29 is 4.79 Å². The van der Waals surface area contributed by atoms with E-state index in [0.29, 0.717) is 5.75 Å². The number of alkyl halides is 1. The summed E-state index contributed by atoms with van der Waals surface area (Å²) in [6.07, 6.45) is 0. The molecule has 0 spiro atoms. The van der Waals surface area contributed by atoms with E-state index in [1.54, 1.807) is 0 Å². The normalized spacial score (nSPS) is 13.6. The maximum atomic E-state index is 10.2. The maximum Gasteiger partial charge on any atom is 0.148 e. The third kappa shape index (κ3) is 2.94. The van der Waals surface area contributed by atoms with E-state index in [0.717, 1.165) is 0 Å². The number of rotatable bonds is 2. The molecule has 0 aliphatic carbocycles. The summed E-state index contributed by atoms with van der Waals surface area (Å²) in [5.74, 6) is 0.272. The Kier molecular flexibility index (Phi) is 3.48. The second kappa shape index (κ2) is 3.33. The molecular weight excluding hydrogens is 132 g/mol. The minimum Gasteiger partial charge on any atom is -0.298 e. The maximum absolute atomic E-state index is 10.2. The number of carbonyl (C=O) groups is 1. The Morgan fingerprint density at radius 2 is 2.43 bits per heavy atom. The molecule has 0 rings (SSSR count). The molecule has 0 bridgehead atoms. The molecule has 0 aromatic heterocycles. The molecule has 3 heteroatoms. The Morgan fingerprint density at radius 1 is 2.00 bits per heavy atom. The van der Waals surface area contributed by atoms with Crippen LogP contribution in [0.1, 0.15) is 6.92 Å². The first-order chi connectivity index (χ1) is 3.18. The van der Waals surface area contributed by atoms with Crippen LogP contribution >= 0.6 is 24.2 Å². The van der Waals surface area contributed by atoms with Gasteiger partial charge >= 0.3 is 0 Å². The molecule has 0 amide bonds. The van der Waals surface area contributed by atoms with E-state index in [-0.39, 0.29) is 5.78 Å². The van der Waals surface area contributed by atoms with E-state index in [4.69, 9.17) is 11.6 Å². The molecule has 1 atom stereocenters. The van der Waals surface area contributed by atoms with Crippen molar-refractivity contribution in [2.75, 3.05) is 5.75 Å². The first kappa shape index (κ1) is 7.31. The summed E-state index contributed by atoms with van der Waals surface area (Å²) in [6.45, 7) is 1.43. The van der Waals surface area contributed by atoms with Gasteiger partial charge in [0.15, 0.2) is 0 Å². The zero-order chi connectivity index (χ0) is 5.86. The Labute approximate surface area is 53.5 Å². The average molecular weight is 138 g/mol. The molecule has 0 aliphatic rings. The van der Waals surface area contributed by atoms with Gasteiger partial charge in [-0.2, -0.15) is 0 Å². The predicted molar refractivity (Wildman–Crippen MR) is 32.8 cm³/mol. The Morgan fingerprint density at radius 3 is 2.43 bits per heavy atom. The van der Waals surface area contributed by atoms with Crippen molar-refractivity contribution in [2.24, 2.45) is 0 Å². The van der Waals surface area contributed by atoms with Gasteiger partial charge in [-0.15, -0.1) is 11.6 Å². The van der Waals surface area contributed by atoms with Crippen LogP contribution in [0.4, 0.5) is 0 Å². The molecule has 7 heavy (non-hydrogen) atoms. The number of halogens is 1. The standard InChI is InChI=1S/C4H6ClOS/c1-3(6)4(5)2-7/h4H,2H2,1H3. The van der Waals surface area contributed by atoms with Gasteiger partial charge in [0, 0.05) is 5.75 Å². The first-order valence-corrected chi connectivity index (χ1v) is 2.92. The van der Waals surface area contributed by atoms with Crippen molar-refractivity contribution in [2.45, 2.75) is 12.3 Å². The fourth-order valence-corrected chi connectivity index (χ4v) is 0.352. The fourth-order valence-electron chi connectivity index (χ4n) is 0.117. The number of hydrogen-bond donors (Lipinski definition) is 0. The van der Waals surface area contributed by atoms with Crippen LogP contribution < -0.4 is 0 Å². The highest BCUT2D eigenvalue weighted by molar-refractivity contribution is 7.80. The minimum atomic E-state index is -0.449. The second-order valence-electron chi connectivity index (χ2n) is 1.24. The van der Waals surface area contributed by atoms with Crippen molar-refractivity contribution in [3.05, 3.63) is 0 Å². The second-order valence-corrected chi connectivity index (χ2v) is 2.11. The van der Waals surface area contributed by atoms with Gasteiger partial charge in [-0.05, 0) is 6.92 Å². The highest BCUT2D eigenvalue weighted by Crippen LogP contribution is 1.97. The number of Topliss-reactive ketones (excluding diaryl/α,β-unsaturated/α-hetero) is 1. The van der Waals surface area contributed by atoms with Crippen LogP contribution in [0, 0.1) is 0 Å². The summed E-state index contributed by atoms with van der Waals surface area (Å²) in [5.41, 5.74) is 0. The molecule has 0 saturated carbocycles. The quantitative estimate of drug-likeness (QED) is 0.526. The molecule has 0 heterocycles. The van der Waals surface area contributed by atoms with Crippen LogP contribution in [0.2, 0.25) is 0 Å². The van der Waals surface area contributed by atoms with Gasteiger partial charge in [0.25, 0.3) is 0 Å². The highest BCUT2D eigenvalue weighted by Gasteiger charge is 2.05. The van der Waals surface area contributed by atoms with Gasteiger partial charge in [-0.25, -0.2) is 0 Å². The van der Waals surface area contributed by atoms with Gasteiger partial charge in [0.05, 0.1) is 0 Å². The lowest BCUT2D eigenvalue weighted by molar-refractivity contribution is -0.116. The van der Waals surface area contributed by atoms with Crippen LogP contribution in [0.25, 0.3) is 0 Å². The lowest BCUT2D eigenvalue weighted by atomic mass is 10.3. The number of carbonyl (C=O) groups excluding carboxylic acids is 1. The lowest BCUT2D eigenvalue weighted by Gasteiger charge is -1.94. The van der Waals surface area contributed by atoms with Gasteiger partial charge in [-0.1, -0.05) is 12.6 Å². The molecule has 0 aromatic carbocycles. The SMILES string of the molecule is CC(=O)C(Cl)C[S]. The predicted octanol–water partition coefficient (Wildman–Crippen LogP) is 1.38. The topological polar surface area (TPSA) is 17.1 Å². The largest absolute Gasteiger partial charge is 0.298 e. The molecule has 0 aromatic rings. The average Bonchev–Trinajstić information content (AvgIpc) is 1.65. The first-order valence-electron chi connectivity index (χ1n) is 1.91.